The third kappa shape index (κ3) is 3.83. The van der Waals surface area contributed by atoms with Crippen LogP contribution in [0.1, 0.15) is 33.5 Å². The zero-order valence-corrected chi connectivity index (χ0v) is 15.8. The molecule has 2 heterocycles. The molecule has 142 valence electrons. The maximum Gasteiger partial charge on any atom is 0.261 e. The van der Waals surface area contributed by atoms with Crippen molar-refractivity contribution in [1.82, 2.24) is 0 Å². The van der Waals surface area contributed by atoms with Crippen molar-refractivity contribution in [2.24, 2.45) is 0 Å². The highest BCUT2D eigenvalue weighted by Crippen LogP contribution is 2.31. The van der Waals surface area contributed by atoms with E-state index in [1.54, 1.807) is 11.0 Å². The first-order valence-electron chi connectivity index (χ1n) is 9.42. The summed E-state index contributed by atoms with van der Waals surface area (Å²) in [7, 11) is 0. The van der Waals surface area contributed by atoms with Gasteiger partial charge in [-0.05, 0) is 55.2 Å². The van der Waals surface area contributed by atoms with Gasteiger partial charge in [0.1, 0.15) is 6.26 Å². The topological polar surface area (TPSA) is 62.6 Å². The van der Waals surface area contributed by atoms with E-state index in [2.05, 4.69) is 24.4 Å². The van der Waals surface area contributed by atoms with Crippen LogP contribution in [-0.4, -0.2) is 18.4 Å². The van der Waals surface area contributed by atoms with Gasteiger partial charge >= 0.3 is 0 Å². The minimum absolute atomic E-state index is 0.00853. The fourth-order valence-corrected chi connectivity index (χ4v) is 3.58. The number of hydrogen-bond acceptors (Lipinski definition) is 3. The summed E-state index contributed by atoms with van der Waals surface area (Å²) >= 11 is 0. The minimum atomic E-state index is -0.0672. The molecule has 5 nitrogen and oxygen atoms in total. The quantitative estimate of drug-likeness (QED) is 0.722. The molecule has 0 saturated carbocycles. The second kappa shape index (κ2) is 7.72. The highest BCUT2D eigenvalue weighted by Gasteiger charge is 2.26. The summed E-state index contributed by atoms with van der Waals surface area (Å²) in [6.45, 7) is 2.68. The number of carbonyl (C=O) groups is 2. The Labute approximate surface area is 164 Å². The molecule has 0 radical (unpaired) electrons. The van der Waals surface area contributed by atoms with Crippen LogP contribution < -0.4 is 10.2 Å². The number of hydrogen-bond donors (Lipinski definition) is 1. The molecule has 1 aromatic heterocycles. The molecule has 1 N–H and O–H groups in total. The molecule has 0 aliphatic carbocycles. The van der Waals surface area contributed by atoms with Gasteiger partial charge in [-0.2, -0.15) is 0 Å². The standard InChI is InChI=1S/C23H22N2O3/c1-16-3-2-4-17(13-16)5-8-22(26)24-20-6-7-21-18(14-20)9-11-25(21)23(27)19-10-12-28-15-19/h2-4,6-7,10,12-15H,5,8-9,11H2,1H3,(H,24,26). The number of nitrogens with zero attached hydrogens (tertiary/aromatic N) is 1. The van der Waals surface area contributed by atoms with Crippen molar-refractivity contribution in [2.45, 2.75) is 26.2 Å². The summed E-state index contributed by atoms with van der Waals surface area (Å²) in [5.74, 6) is -0.0757. The van der Waals surface area contributed by atoms with Crippen LogP contribution in [0.2, 0.25) is 0 Å². The Bertz CT molecular complexity index is 1010. The van der Waals surface area contributed by atoms with E-state index < -0.39 is 0 Å². The van der Waals surface area contributed by atoms with Gasteiger partial charge in [0.05, 0.1) is 11.8 Å². The molecule has 1 aliphatic rings. The van der Waals surface area contributed by atoms with Crippen LogP contribution in [0.3, 0.4) is 0 Å². The van der Waals surface area contributed by atoms with E-state index in [-0.39, 0.29) is 11.8 Å². The van der Waals surface area contributed by atoms with Gasteiger partial charge in [0.25, 0.3) is 5.91 Å². The van der Waals surface area contributed by atoms with E-state index in [0.29, 0.717) is 24.9 Å². The van der Waals surface area contributed by atoms with Gasteiger partial charge in [-0.15, -0.1) is 0 Å². The number of furan rings is 1. The summed E-state index contributed by atoms with van der Waals surface area (Å²) in [4.78, 5) is 26.6. The number of carbonyl (C=O) groups excluding carboxylic acids is 2. The van der Waals surface area contributed by atoms with Crippen LogP contribution in [0.25, 0.3) is 0 Å². The van der Waals surface area contributed by atoms with Crippen molar-refractivity contribution in [3.05, 3.63) is 83.3 Å². The molecule has 0 saturated heterocycles. The maximum atomic E-state index is 12.6. The fourth-order valence-electron chi connectivity index (χ4n) is 3.58. The molecule has 1 aliphatic heterocycles. The van der Waals surface area contributed by atoms with Crippen LogP contribution in [0.15, 0.2) is 65.5 Å². The Balaban J connectivity index is 1.39. The van der Waals surface area contributed by atoms with Gasteiger partial charge in [-0.1, -0.05) is 29.8 Å². The summed E-state index contributed by atoms with van der Waals surface area (Å²) in [5.41, 5.74) is 5.63. The van der Waals surface area contributed by atoms with Crippen LogP contribution >= 0.6 is 0 Å². The van der Waals surface area contributed by atoms with Gasteiger partial charge in [0.15, 0.2) is 0 Å². The third-order valence-electron chi connectivity index (χ3n) is 5.00. The Hall–Kier alpha value is -3.34. The molecule has 28 heavy (non-hydrogen) atoms. The van der Waals surface area contributed by atoms with Crippen molar-refractivity contribution in [3.63, 3.8) is 0 Å². The predicted octanol–water partition coefficient (Wildman–Crippen LogP) is 4.36. The highest BCUT2D eigenvalue weighted by atomic mass is 16.3. The summed E-state index contributed by atoms with van der Waals surface area (Å²) < 4.78 is 5.01. The fraction of sp³-hybridized carbons (Fsp3) is 0.217. The lowest BCUT2D eigenvalue weighted by Gasteiger charge is -2.16. The lowest BCUT2D eigenvalue weighted by Crippen LogP contribution is -2.28. The minimum Gasteiger partial charge on any atom is -0.472 e. The molecule has 0 fully saturated rings. The molecular formula is C23H22N2O3. The monoisotopic (exact) mass is 374 g/mol. The predicted molar refractivity (Wildman–Crippen MR) is 109 cm³/mol. The van der Waals surface area contributed by atoms with Crippen molar-refractivity contribution in [3.8, 4) is 0 Å². The average molecular weight is 374 g/mol. The molecule has 0 atom stereocenters. The zero-order chi connectivity index (χ0) is 19.5. The van der Waals surface area contributed by atoms with Gasteiger partial charge in [-0.3, -0.25) is 9.59 Å². The smallest absolute Gasteiger partial charge is 0.261 e. The third-order valence-corrected chi connectivity index (χ3v) is 5.00. The number of aryl methyl sites for hydroxylation is 2. The van der Waals surface area contributed by atoms with Crippen LogP contribution in [0.5, 0.6) is 0 Å². The molecule has 2 amide bonds. The summed E-state index contributed by atoms with van der Waals surface area (Å²) in [6.07, 6.45) is 4.88. The maximum absolute atomic E-state index is 12.6. The SMILES string of the molecule is Cc1cccc(CCC(=O)Nc2ccc3c(c2)CCN3C(=O)c2ccoc2)c1. The Morgan fingerprint density at radius 2 is 2.04 bits per heavy atom. The van der Waals surface area contributed by atoms with Gasteiger partial charge in [0, 0.05) is 24.3 Å². The van der Waals surface area contributed by atoms with Crippen LogP contribution in [-0.2, 0) is 17.6 Å². The largest absolute Gasteiger partial charge is 0.472 e. The number of amides is 2. The van der Waals surface area contributed by atoms with E-state index in [9.17, 15) is 9.59 Å². The van der Waals surface area contributed by atoms with E-state index in [0.717, 1.165) is 28.9 Å². The van der Waals surface area contributed by atoms with Gasteiger partial charge < -0.3 is 14.6 Å². The number of benzene rings is 2. The summed E-state index contributed by atoms with van der Waals surface area (Å²) in [5, 5.41) is 2.97. The average Bonchev–Trinajstić information content (AvgIpc) is 3.36. The summed E-state index contributed by atoms with van der Waals surface area (Å²) in [6, 6.07) is 15.6. The first-order chi connectivity index (χ1) is 13.6. The molecular weight excluding hydrogens is 352 g/mol. The number of fused-ring (bicyclic) bond motifs is 1. The van der Waals surface area contributed by atoms with E-state index in [4.69, 9.17) is 4.42 Å². The van der Waals surface area contributed by atoms with Crippen molar-refractivity contribution < 1.29 is 14.0 Å². The first kappa shape index (κ1) is 18.0. The lowest BCUT2D eigenvalue weighted by molar-refractivity contribution is -0.116. The van der Waals surface area contributed by atoms with E-state index in [1.807, 2.05) is 30.3 Å². The second-order valence-electron chi connectivity index (χ2n) is 7.10. The molecule has 0 bridgehead atoms. The molecule has 0 spiro atoms. The Kier molecular flexibility index (Phi) is 4.98. The number of nitrogens with one attached hydrogen (secondary N) is 1. The molecule has 0 unspecified atom stereocenters. The molecule has 4 rings (SSSR count). The Morgan fingerprint density at radius 1 is 1.14 bits per heavy atom. The van der Waals surface area contributed by atoms with Crippen molar-refractivity contribution in [2.75, 3.05) is 16.8 Å². The molecule has 5 heteroatoms. The van der Waals surface area contributed by atoms with Crippen LogP contribution in [0, 0.1) is 6.92 Å². The van der Waals surface area contributed by atoms with Gasteiger partial charge in [-0.25, -0.2) is 0 Å². The molecule has 2 aromatic carbocycles. The lowest BCUT2D eigenvalue weighted by atomic mass is 10.1. The van der Waals surface area contributed by atoms with Gasteiger partial charge in [0.2, 0.25) is 5.91 Å². The van der Waals surface area contributed by atoms with E-state index >= 15 is 0 Å². The number of rotatable bonds is 5. The zero-order valence-electron chi connectivity index (χ0n) is 15.8. The van der Waals surface area contributed by atoms with Crippen molar-refractivity contribution >= 4 is 23.2 Å². The normalized spacial score (nSPS) is 12.7. The highest BCUT2D eigenvalue weighted by molar-refractivity contribution is 6.07. The van der Waals surface area contributed by atoms with Crippen LogP contribution in [0.4, 0.5) is 11.4 Å². The van der Waals surface area contributed by atoms with Crippen molar-refractivity contribution in [1.29, 1.82) is 0 Å². The van der Waals surface area contributed by atoms with E-state index in [1.165, 1.54) is 18.1 Å². The second-order valence-corrected chi connectivity index (χ2v) is 7.10. The first-order valence-corrected chi connectivity index (χ1v) is 9.42. The molecule has 3 aromatic rings. The number of anilines is 2. The Morgan fingerprint density at radius 3 is 2.82 bits per heavy atom.